The fourth-order valence-corrected chi connectivity index (χ4v) is 3.17. The number of ether oxygens (including phenoxy) is 1. The van der Waals surface area contributed by atoms with Crippen molar-refractivity contribution in [1.82, 2.24) is 9.78 Å². The third-order valence-electron chi connectivity index (χ3n) is 4.56. The molecule has 1 saturated heterocycles. The predicted molar refractivity (Wildman–Crippen MR) is 101 cm³/mol. The van der Waals surface area contributed by atoms with Gasteiger partial charge in [-0.25, -0.2) is 0 Å². The third kappa shape index (κ3) is 3.83. The van der Waals surface area contributed by atoms with Gasteiger partial charge >= 0.3 is 0 Å². The van der Waals surface area contributed by atoms with E-state index in [-0.39, 0.29) is 12.0 Å². The van der Waals surface area contributed by atoms with Gasteiger partial charge in [0.15, 0.2) is 0 Å². The second-order valence-electron chi connectivity index (χ2n) is 6.48. The Morgan fingerprint density at radius 3 is 2.62 bits per heavy atom. The second-order valence-corrected chi connectivity index (χ2v) is 6.48. The Kier molecular flexibility index (Phi) is 4.80. The second kappa shape index (κ2) is 7.54. The fourth-order valence-electron chi connectivity index (χ4n) is 3.17. The van der Waals surface area contributed by atoms with Crippen LogP contribution in [0.15, 0.2) is 67.0 Å². The molecule has 0 unspecified atom stereocenters. The summed E-state index contributed by atoms with van der Waals surface area (Å²) in [6, 6.07) is 17.7. The van der Waals surface area contributed by atoms with Gasteiger partial charge in [0.25, 0.3) is 5.91 Å². The summed E-state index contributed by atoms with van der Waals surface area (Å²) in [4.78, 5) is 12.4. The minimum Gasteiger partial charge on any atom is -0.376 e. The zero-order valence-corrected chi connectivity index (χ0v) is 14.5. The van der Waals surface area contributed by atoms with E-state index < -0.39 is 0 Å². The maximum Gasteiger partial charge on any atom is 0.255 e. The quantitative estimate of drug-likeness (QED) is 0.759. The lowest BCUT2D eigenvalue weighted by Crippen LogP contribution is -2.15. The van der Waals surface area contributed by atoms with Crippen LogP contribution in [0.1, 0.15) is 23.2 Å². The van der Waals surface area contributed by atoms with E-state index in [4.69, 9.17) is 4.74 Å². The highest BCUT2D eigenvalue weighted by atomic mass is 16.5. The molecule has 1 aromatic heterocycles. The van der Waals surface area contributed by atoms with Crippen molar-refractivity contribution in [1.29, 1.82) is 0 Å². The number of nitrogens with one attached hydrogen (secondary N) is 1. The van der Waals surface area contributed by atoms with Gasteiger partial charge in [0, 0.05) is 18.4 Å². The SMILES string of the molecule is O=C(Nc1cnn(C[C@@H]2CCCO2)c1)c1ccc(-c2ccccc2)cc1. The number of amides is 1. The van der Waals surface area contributed by atoms with Gasteiger partial charge in [-0.3, -0.25) is 9.48 Å². The van der Waals surface area contributed by atoms with Crippen molar-refractivity contribution in [2.75, 3.05) is 11.9 Å². The lowest BCUT2D eigenvalue weighted by molar-refractivity contribution is 0.0940. The summed E-state index contributed by atoms with van der Waals surface area (Å²) in [5.41, 5.74) is 3.54. The molecule has 1 aliphatic heterocycles. The Labute approximate surface area is 152 Å². The van der Waals surface area contributed by atoms with Gasteiger partial charge in [-0.05, 0) is 36.1 Å². The lowest BCUT2D eigenvalue weighted by Gasteiger charge is -2.08. The molecule has 26 heavy (non-hydrogen) atoms. The number of nitrogens with zero attached hydrogens (tertiary/aromatic N) is 2. The average molecular weight is 347 g/mol. The van der Waals surface area contributed by atoms with E-state index in [0.29, 0.717) is 11.3 Å². The Balaban J connectivity index is 1.39. The summed E-state index contributed by atoms with van der Waals surface area (Å²) in [7, 11) is 0. The van der Waals surface area contributed by atoms with Crippen molar-refractivity contribution < 1.29 is 9.53 Å². The maximum atomic E-state index is 12.4. The van der Waals surface area contributed by atoms with Crippen molar-refractivity contribution in [2.45, 2.75) is 25.5 Å². The molecular formula is C21H21N3O2. The van der Waals surface area contributed by atoms with Crippen LogP contribution in [0.5, 0.6) is 0 Å². The fraction of sp³-hybridized carbons (Fsp3) is 0.238. The third-order valence-corrected chi connectivity index (χ3v) is 4.56. The Hall–Kier alpha value is -2.92. The summed E-state index contributed by atoms with van der Waals surface area (Å²) in [5.74, 6) is -0.138. The zero-order valence-electron chi connectivity index (χ0n) is 14.5. The number of carbonyl (C=O) groups is 1. The maximum absolute atomic E-state index is 12.4. The summed E-state index contributed by atoms with van der Waals surface area (Å²) in [5, 5.41) is 7.20. The molecule has 132 valence electrons. The van der Waals surface area contributed by atoms with Crippen LogP contribution in [-0.2, 0) is 11.3 Å². The number of hydrogen-bond donors (Lipinski definition) is 1. The Morgan fingerprint density at radius 2 is 1.88 bits per heavy atom. The topological polar surface area (TPSA) is 56.2 Å². The van der Waals surface area contributed by atoms with Crippen LogP contribution in [0.3, 0.4) is 0 Å². The average Bonchev–Trinajstić information content (AvgIpc) is 3.35. The minimum absolute atomic E-state index is 0.138. The molecular weight excluding hydrogens is 326 g/mol. The van der Waals surface area contributed by atoms with E-state index in [1.54, 1.807) is 6.20 Å². The van der Waals surface area contributed by atoms with Crippen LogP contribution in [0, 0.1) is 0 Å². The smallest absolute Gasteiger partial charge is 0.255 e. The van der Waals surface area contributed by atoms with Crippen LogP contribution in [0.2, 0.25) is 0 Å². The Bertz CT molecular complexity index is 866. The molecule has 2 aromatic carbocycles. The van der Waals surface area contributed by atoms with Crippen LogP contribution in [0.4, 0.5) is 5.69 Å². The highest BCUT2D eigenvalue weighted by molar-refractivity contribution is 6.04. The molecule has 1 N–H and O–H groups in total. The van der Waals surface area contributed by atoms with Crippen molar-refractivity contribution in [2.24, 2.45) is 0 Å². The van der Waals surface area contributed by atoms with Gasteiger partial charge in [0.05, 0.1) is 24.5 Å². The normalized spacial score (nSPS) is 16.5. The molecule has 3 aromatic rings. The van der Waals surface area contributed by atoms with Gasteiger partial charge in [0.1, 0.15) is 0 Å². The zero-order chi connectivity index (χ0) is 17.8. The van der Waals surface area contributed by atoms with Crippen LogP contribution in [0.25, 0.3) is 11.1 Å². The molecule has 0 radical (unpaired) electrons. The number of anilines is 1. The van der Waals surface area contributed by atoms with Crippen molar-refractivity contribution in [3.8, 4) is 11.1 Å². The minimum atomic E-state index is -0.138. The van der Waals surface area contributed by atoms with E-state index in [2.05, 4.69) is 22.5 Å². The highest BCUT2D eigenvalue weighted by Gasteiger charge is 2.16. The standard InChI is InChI=1S/C21H21N3O2/c25-21(18-10-8-17(9-11-18)16-5-2-1-3-6-16)23-19-13-22-24(14-19)15-20-7-4-12-26-20/h1-3,5-6,8-11,13-14,20H,4,7,12,15H2,(H,23,25)/t20-/m0/s1. The van der Waals surface area contributed by atoms with E-state index in [1.807, 2.05) is 53.3 Å². The van der Waals surface area contributed by atoms with Crippen molar-refractivity contribution in [3.63, 3.8) is 0 Å². The first kappa shape index (κ1) is 16.5. The van der Waals surface area contributed by atoms with E-state index in [1.165, 1.54) is 0 Å². The molecule has 5 nitrogen and oxygen atoms in total. The molecule has 1 atom stereocenters. The van der Waals surface area contributed by atoms with E-state index in [9.17, 15) is 4.79 Å². The highest BCUT2D eigenvalue weighted by Crippen LogP contribution is 2.20. The molecule has 5 heteroatoms. The van der Waals surface area contributed by atoms with Gasteiger partial charge in [0.2, 0.25) is 0 Å². The number of rotatable bonds is 5. The first-order valence-electron chi connectivity index (χ1n) is 8.89. The molecule has 0 bridgehead atoms. The number of carbonyl (C=O) groups excluding carboxylic acids is 1. The largest absolute Gasteiger partial charge is 0.376 e. The summed E-state index contributed by atoms with van der Waals surface area (Å²) in [6.45, 7) is 1.55. The van der Waals surface area contributed by atoms with E-state index in [0.717, 1.165) is 37.1 Å². The van der Waals surface area contributed by atoms with Gasteiger partial charge in [-0.15, -0.1) is 0 Å². The summed E-state index contributed by atoms with van der Waals surface area (Å²) >= 11 is 0. The molecule has 1 amide bonds. The summed E-state index contributed by atoms with van der Waals surface area (Å²) < 4.78 is 7.44. The van der Waals surface area contributed by atoms with Crippen molar-refractivity contribution >= 4 is 11.6 Å². The molecule has 4 rings (SSSR count). The van der Waals surface area contributed by atoms with Crippen molar-refractivity contribution in [3.05, 3.63) is 72.6 Å². The van der Waals surface area contributed by atoms with Gasteiger partial charge in [-0.2, -0.15) is 5.10 Å². The van der Waals surface area contributed by atoms with E-state index >= 15 is 0 Å². The molecule has 0 saturated carbocycles. The number of hydrogen-bond acceptors (Lipinski definition) is 3. The first-order chi connectivity index (χ1) is 12.8. The van der Waals surface area contributed by atoms with Crippen LogP contribution >= 0.6 is 0 Å². The Morgan fingerprint density at radius 1 is 1.12 bits per heavy atom. The lowest BCUT2D eigenvalue weighted by atomic mass is 10.0. The number of aromatic nitrogens is 2. The monoisotopic (exact) mass is 347 g/mol. The molecule has 0 aliphatic carbocycles. The van der Waals surface area contributed by atoms with Gasteiger partial charge < -0.3 is 10.1 Å². The number of benzene rings is 2. The summed E-state index contributed by atoms with van der Waals surface area (Å²) in [6.07, 6.45) is 5.91. The molecule has 1 aliphatic rings. The molecule has 2 heterocycles. The molecule has 0 spiro atoms. The van der Waals surface area contributed by atoms with Gasteiger partial charge in [-0.1, -0.05) is 42.5 Å². The van der Waals surface area contributed by atoms with Crippen LogP contribution < -0.4 is 5.32 Å². The first-order valence-corrected chi connectivity index (χ1v) is 8.89. The van der Waals surface area contributed by atoms with Crippen LogP contribution in [-0.4, -0.2) is 28.4 Å². The predicted octanol–water partition coefficient (Wildman–Crippen LogP) is 3.98. The molecule has 1 fully saturated rings.